The van der Waals surface area contributed by atoms with E-state index < -0.39 is 0 Å². The summed E-state index contributed by atoms with van der Waals surface area (Å²) >= 11 is 1.64. The Morgan fingerprint density at radius 2 is 2.40 bits per heavy atom. The highest BCUT2D eigenvalue weighted by Gasteiger charge is 2.27. The van der Waals surface area contributed by atoms with E-state index in [-0.39, 0.29) is 0 Å². The Labute approximate surface area is 123 Å². The van der Waals surface area contributed by atoms with Crippen LogP contribution in [0.2, 0.25) is 0 Å². The third-order valence-electron chi connectivity index (χ3n) is 4.09. The second-order valence-electron chi connectivity index (χ2n) is 5.46. The van der Waals surface area contributed by atoms with E-state index in [0.717, 1.165) is 29.6 Å². The Balaban J connectivity index is 1.73. The standard InChI is InChI=1S/C15H21N3OS/c1-11-4-2-5-13(8-16)18(11)9-12-10-20-15(17-12)14-6-3-7-19-14/h3,6-7,10-11,13H,2,4-5,8-9,16H2,1H3. The van der Waals surface area contributed by atoms with Gasteiger partial charge in [0, 0.05) is 30.6 Å². The van der Waals surface area contributed by atoms with E-state index in [2.05, 4.69) is 17.2 Å². The molecule has 0 saturated carbocycles. The molecule has 0 amide bonds. The number of nitrogens with zero attached hydrogens (tertiary/aromatic N) is 2. The van der Waals surface area contributed by atoms with Gasteiger partial charge in [-0.15, -0.1) is 11.3 Å². The first-order valence-corrected chi connectivity index (χ1v) is 8.10. The second-order valence-corrected chi connectivity index (χ2v) is 6.32. The average Bonchev–Trinajstić information content (AvgIpc) is 3.11. The molecule has 0 spiro atoms. The summed E-state index contributed by atoms with van der Waals surface area (Å²) < 4.78 is 5.40. The molecular weight excluding hydrogens is 270 g/mol. The van der Waals surface area contributed by atoms with Crippen LogP contribution in [-0.4, -0.2) is 28.5 Å². The molecule has 2 N–H and O–H groups in total. The molecule has 1 fully saturated rings. The maximum Gasteiger partial charge on any atom is 0.162 e. The fourth-order valence-corrected chi connectivity index (χ4v) is 3.74. The normalized spacial score (nSPS) is 24.1. The highest BCUT2D eigenvalue weighted by atomic mass is 32.1. The number of likely N-dealkylation sites (tertiary alicyclic amines) is 1. The number of aromatic nitrogens is 1. The Morgan fingerprint density at radius 3 is 3.15 bits per heavy atom. The third-order valence-corrected chi connectivity index (χ3v) is 5.00. The van der Waals surface area contributed by atoms with Crippen molar-refractivity contribution in [3.05, 3.63) is 29.5 Å². The zero-order chi connectivity index (χ0) is 13.9. The molecule has 0 radical (unpaired) electrons. The molecule has 3 rings (SSSR count). The lowest BCUT2D eigenvalue weighted by atomic mass is 9.96. The predicted molar refractivity (Wildman–Crippen MR) is 81.5 cm³/mol. The monoisotopic (exact) mass is 291 g/mol. The van der Waals surface area contributed by atoms with E-state index in [4.69, 9.17) is 15.1 Å². The largest absolute Gasteiger partial charge is 0.462 e. The number of hydrogen-bond acceptors (Lipinski definition) is 5. The molecule has 3 heterocycles. The van der Waals surface area contributed by atoms with Gasteiger partial charge in [0.25, 0.3) is 0 Å². The molecule has 2 atom stereocenters. The number of thiazole rings is 1. The topological polar surface area (TPSA) is 55.3 Å². The molecule has 5 heteroatoms. The lowest BCUT2D eigenvalue weighted by Gasteiger charge is -2.39. The van der Waals surface area contributed by atoms with Crippen molar-refractivity contribution in [3.8, 4) is 10.8 Å². The Kier molecular flexibility index (Phi) is 4.19. The minimum atomic E-state index is 0.493. The summed E-state index contributed by atoms with van der Waals surface area (Å²) in [5, 5.41) is 3.09. The van der Waals surface area contributed by atoms with Crippen LogP contribution in [0.3, 0.4) is 0 Å². The number of hydrogen-bond donors (Lipinski definition) is 1. The van der Waals surface area contributed by atoms with Gasteiger partial charge in [-0.05, 0) is 31.9 Å². The van der Waals surface area contributed by atoms with Crippen molar-refractivity contribution >= 4 is 11.3 Å². The molecule has 4 nitrogen and oxygen atoms in total. The molecule has 1 aliphatic rings. The van der Waals surface area contributed by atoms with E-state index in [0.29, 0.717) is 12.1 Å². The van der Waals surface area contributed by atoms with Crippen molar-refractivity contribution in [2.75, 3.05) is 6.54 Å². The minimum Gasteiger partial charge on any atom is -0.462 e. The molecule has 108 valence electrons. The molecule has 0 aromatic carbocycles. The maximum atomic E-state index is 5.92. The summed E-state index contributed by atoms with van der Waals surface area (Å²) in [6, 6.07) is 4.93. The molecular formula is C15H21N3OS. The molecule has 1 aliphatic heterocycles. The fraction of sp³-hybridized carbons (Fsp3) is 0.533. The van der Waals surface area contributed by atoms with Crippen molar-refractivity contribution in [3.63, 3.8) is 0 Å². The number of furan rings is 1. The van der Waals surface area contributed by atoms with Crippen molar-refractivity contribution in [1.82, 2.24) is 9.88 Å². The van der Waals surface area contributed by atoms with Crippen LogP contribution in [0.4, 0.5) is 0 Å². The van der Waals surface area contributed by atoms with Gasteiger partial charge in [-0.25, -0.2) is 4.98 Å². The van der Waals surface area contributed by atoms with Crippen LogP contribution in [0.15, 0.2) is 28.2 Å². The van der Waals surface area contributed by atoms with Gasteiger partial charge in [-0.2, -0.15) is 0 Å². The smallest absolute Gasteiger partial charge is 0.162 e. The summed E-state index contributed by atoms with van der Waals surface area (Å²) in [6.45, 7) is 3.92. The fourth-order valence-electron chi connectivity index (χ4n) is 2.96. The van der Waals surface area contributed by atoms with Crippen LogP contribution in [0, 0.1) is 0 Å². The van der Waals surface area contributed by atoms with E-state index in [1.165, 1.54) is 19.3 Å². The first-order chi connectivity index (χ1) is 9.78. The maximum absolute atomic E-state index is 5.92. The minimum absolute atomic E-state index is 0.493. The Morgan fingerprint density at radius 1 is 1.50 bits per heavy atom. The average molecular weight is 291 g/mol. The molecule has 0 bridgehead atoms. The number of nitrogens with two attached hydrogens (primary N) is 1. The van der Waals surface area contributed by atoms with Crippen molar-refractivity contribution in [2.45, 2.75) is 44.8 Å². The zero-order valence-electron chi connectivity index (χ0n) is 11.8. The first kappa shape index (κ1) is 13.8. The van der Waals surface area contributed by atoms with Crippen molar-refractivity contribution in [1.29, 1.82) is 0 Å². The van der Waals surface area contributed by atoms with Crippen LogP contribution < -0.4 is 5.73 Å². The summed E-state index contributed by atoms with van der Waals surface area (Å²) in [7, 11) is 0. The SMILES string of the molecule is CC1CCCC(CN)N1Cc1csc(-c2ccco2)n1. The summed E-state index contributed by atoms with van der Waals surface area (Å²) in [5.74, 6) is 0.850. The van der Waals surface area contributed by atoms with Crippen LogP contribution in [-0.2, 0) is 6.54 Å². The van der Waals surface area contributed by atoms with E-state index in [9.17, 15) is 0 Å². The molecule has 2 aromatic heterocycles. The zero-order valence-corrected chi connectivity index (χ0v) is 12.6. The Hall–Kier alpha value is -1.17. The lowest BCUT2D eigenvalue weighted by molar-refractivity contribution is 0.0880. The van der Waals surface area contributed by atoms with Crippen LogP contribution >= 0.6 is 11.3 Å². The molecule has 2 unspecified atom stereocenters. The molecule has 0 aliphatic carbocycles. The molecule has 20 heavy (non-hydrogen) atoms. The van der Waals surface area contributed by atoms with Gasteiger partial charge in [0.1, 0.15) is 0 Å². The second kappa shape index (κ2) is 6.08. The highest BCUT2D eigenvalue weighted by molar-refractivity contribution is 7.13. The lowest BCUT2D eigenvalue weighted by Crippen LogP contribution is -2.48. The van der Waals surface area contributed by atoms with Gasteiger partial charge >= 0.3 is 0 Å². The van der Waals surface area contributed by atoms with Crippen LogP contribution in [0.1, 0.15) is 31.9 Å². The predicted octanol–water partition coefficient (Wildman–Crippen LogP) is 3.10. The van der Waals surface area contributed by atoms with Crippen molar-refractivity contribution < 1.29 is 4.42 Å². The van der Waals surface area contributed by atoms with Gasteiger partial charge < -0.3 is 10.2 Å². The summed E-state index contributed by atoms with van der Waals surface area (Å²) in [5.41, 5.74) is 7.04. The van der Waals surface area contributed by atoms with E-state index in [1.54, 1.807) is 17.6 Å². The van der Waals surface area contributed by atoms with Gasteiger partial charge in [-0.3, -0.25) is 4.90 Å². The van der Waals surface area contributed by atoms with E-state index >= 15 is 0 Å². The Bertz CT molecular complexity index is 537. The van der Waals surface area contributed by atoms with Crippen LogP contribution in [0.5, 0.6) is 0 Å². The number of piperidine rings is 1. The van der Waals surface area contributed by atoms with Gasteiger partial charge in [-0.1, -0.05) is 6.42 Å². The molecule has 1 saturated heterocycles. The molecule has 2 aromatic rings. The highest BCUT2D eigenvalue weighted by Crippen LogP contribution is 2.28. The van der Waals surface area contributed by atoms with Crippen LogP contribution in [0.25, 0.3) is 10.8 Å². The van der Waals surface area contributed by atoms with Gasteiger partial charge in [0.2, 0.25) is 0 Å². The quantitative estimate of drug-likeness (QED) is 0.940. The number of rotatable bonds is 4. The summed E-state index contributed by atoms with van der Waals surface area (Å²) in [6.07, 6.45) is 5.43. The van der Waals surface area contributed by atoms with Crippen molar-refractivity contribution in [2.24, 2.45) is 5.73 Å². The van der Waals surface area contributed by atoms with Gasteiger partial charge in [0.15, 0.2) is 10.8 Å². The first-order valence-electron chi connectivity index (χ1n) is 7.22. The van der Waals surface area contributed by atoms with Gasteiger partial charge in [0.05, 0.1) is 12.0 Å². The summed E-state index contributed by atoms with van der Waals surface area (Å²) in [4.78, 5) is 7.20. The van der Waals surface area contributed by atoms with E-state index in [1.807, 2.05) is 12.1 Å². The third kappa shape index (κ3) is 2.80.